The maximum absolute atomic E-state index is 12.7. The van der Waals surface area contributed by atoms with Gasteiger partial charge < -0.3 is 14.6 Å². The topological polar surface area (TPSA) is 67.6 Å². The van der Waals surface area contributed by atoms with Gasteiger partial charge in [0, 0.05) is 23.1 Å². The van der Waals surface area contributed by atoms with Crippen LogP contribution in [0.4, 0.5) is 0 Å². The first-order valence-electron chi connectivity index (χ1n) is 10.4. The van der Waals surface area contributed by atoms with E-state index in [2.05, 4.69) is 32.9 Å². The van der Waals surface area contributed by atoms with Crippen LogP contribution in [0.25, 0.3) is 11.3 Å². The maximum atomic E-state index is 12.7. The molecule has 1 atom stereocenters. The number of likely N-dealkylation sites (tertiary alicyclic amines) is 1. The lowest BCUT2D eigenvalue weighted by Gasteiger charge is -2.30. The van der Waals surface area contributed by atoms with Crippen molar-refractivity contribution < 1.29 is 14.1 Å². The summed E-state index contributed by atoms with van der Waals surface area (Å²) in [6, 6.07) is 13.6. The maximum Gasteiger partial charge on any atom is 0.273 e. The third-order valence-corrected chi connectivity index (χ3v) is 6.50. The monoisotopic (exact) mass is 425 g/mol. The highest BCUT2D eigenvalue weighted by Gasteiger charge is 2.24. The second-order valence-electron chi connectivity index (χ2n) is 7.50. The van der Waals surface area contributed by atoms with Crippen LogP contribution in [0.3, 0.4) is 0 Å². The number of benzene rings is 1. The predicted octanol–water partition coefficient (Wildman–Crippen LogP) is 4.76. The Morgan fingerprint density at radius 2 is 1.97 bits per heavy atom. The Bertz CT molecular complexity index is 929. The average Bonchev–Trinajstić information content (AvgIpc) is 3.42. The molecular formula is C23H27N3O3S. The summed E-state index contributed by atoms with van der Waals surface area (Å²) in [6.07, 6.45) is 4.99. The molecule has 1 fully saturated rings. The molecule has 158 valence electrons. The number of nitrogens with zero attached hydrogens (tertiary/aromatic N) is 2. The van der Waals surface area contributed by atoms with Gasteiger partial charge in [0.05, 0.1) is 13.2 Å². The van der Waals surface area contributed by atoms with Crippen molar-refractivity contribution in [1.82, 2.24) is 15.4 Å². The van der Waals surface area contributed by atoms with Crippen LogP contribution in [-0.2, 0) is 0 Å². The van der Waals surface area contributed by atoms with Crippen molar-refractivity contribution in [3.8, 4) is 17.1 Å². The van der Waals surface area contributed by atoms with E-state index >= 15 is 0 Å². The fourth-order valence-electron chi connectivity index (χ4n) is 3.85. The van der Waals surface area contributed by atoms with Gasteiger partial charge in [-0.05, 0) is 61.6 Å². The van der Waals surface area contributed by atoms with E-state index < -0.39 is 0 Å². The highest BCUT2D eigenvalue weighted by molar-refractivity contribution is 7.10. The van der Waals surface area contributed by atoms with Gasteiger partial charge in [-0.1, -0.05) is 24.1 Å². The molecule has 7 heteroatoms. The minimum atomic E-state index is -0.213. The Balaban J connectivity index is 1.42. The summed E-state index contributed by atoms with van der Waals surface area (Å²) in [5.74, 6) is 1.12. The van der Waals surface area contributed by atoms with Crippen LogP contribution in [0, 0.1) is 0 Å². The van der Waals surface area contributed by atoms with E-state index in [1.54, 1.807) is 24.5 Å². The van der Waals surface area contributed by atoms with E-state index in [1.807, 2.05) is 24.3 Å². The van der Waals surface area contributed by atoms with Gasteiger partial charge in [-0.3, -0.25) is 9.69 Å². The molecule has 1 aliphatic rings. The number of aromatic nitrogens is 1. The van der Waals surface area contributed by atoms with Gasteiger partial charge in [0.25, 0.3) is 5.91 Å². The molecule has 1 saturated heterocycles. The van der Waals surface area contributed by atoms with Crippen molar-refractivity contribution in [1.29, 1.82) is 0 Å². The number of carbonyl (C=O) groups excluding carboxylic acids is 1. The number of thiophene rings is 1. The molecule has 0 spiro atoms. The van der Waals surface area contributed by atoms with Gasteiger partial charge in [-0.25, -0.2) is 0 Å². The molecule has 1 aromatic carbocycles. The lowest BCUT2D eigenvalue weighted by atomic mass is 10.1. The van der Waals surface area contributed by atoms with Gasteiger partial charge in [0.2, 0.25) is 0 Å². The predicted molar refractivity (Wildman–Crippen MR) is 118 cm³/mol. The van der Waals surface area contributed by atoms with E-state index in [0.717, 1.165) is 24.4 Å². The third-order valence-electron chi connectivity index (χ3n) is 5.53. The molecule has 1 unspecified atom stereocenters. The Morgan fingerprint density at radius 1 is 1.20 bits per heavy atom. The summed E-state index contributed by atoms with van der Waals surface area (Å²) >= 11 is 1.75. The van der Waals surface area contributed by atoms with Gasteiger partial charge in [0.15, 0.2) is 11.5 Å². The van der Waals surface area contributed by atoms with Crippen LogP contribution in [0.15, 0.2) is 52.4 Å². The largest absolute Gasteiger partial charge is 0.497 e. The number of hydrogen-bond acceptors (Lipinski definition) is 6. The highest BCUT2D eigenvalue weighted by Crippen LogP contribution is 2.27. The number of amides is 1. The Labute approximate surface area is 180 Å². The van der Waals surface area contributed by atoms with Crippen LogP contribution in [-0.4, -0.2) is 42.7 Å². The molecule has 3 aromatic rings. The number of hydrogen-bond donors (Lipinski definition) is 1. The molecule has 0 saturated carbocycles. The summed E-state index contributed by atoms with van der Waals surface area (Å²) in [6.45, 7) is 2.71. The van der Waals surface area contributed by atoms with E-state index in [9.17, 15) is 4.79 Å². The van der Waals surface area contributed by atoms with E-state index in [0.29, 0.717) is 18.0 Å². The molecule has 0 bridgehead atoms. The third kappa shape index (κ3) is 4.91. The molecule has 30 heavy (non-hydrogen) atoms. The zero-order valence-electron chi connectivity index (χ0n) is 17.2. The van der Waals surface area contributed by atoms with Gasteiger partial charge >= 0.3 is 0 Å². The van der Waals surface area contributed by atoms with Gasteiger partial charge in [0.1, 0.15) is 5.75 Å². The minimum Gasteiger partial charge on any atom is -0.497 e. The molecule has 1 aliphatic heterocycles. The molecular weight excluding hydrogens is 398 g/mol. The van der Waals surface area contributed by atoms with Crippen molar-refractivity contribution in [3.05, 3.63) is 58.4 Å². The lowest BCUT2D eigenvalue weighted by molar-refractivity contribution is 0.0925. The number of nitrogens with one attached hydrogen (secondary N) is 1. The zero-order valence-corrected chi connectivity index (χ0v) is 18.0. The number of carbonyl (C=O) groups is 1. The van der Waals surface area contributed by atoms with Crippen LogP contribution in [0.1, 0.15) is 47.1 Å². The highest BCUT2D eigenvalue weighted by atomic mass is 32.1. The SMILES string of the molecule is COc1ccc(-c2cc(C(=O)NCC(c3cccs3)N3CCCCCC3)no2)cc1. The molecule has 1 amide bonds. The van der Waals surface area contributed by atoms with Crippen molar-refractivity contribution in [2.75, 3.05) is 26.7 Å². The fourth-order valence-corrected chi connectivity index (χ4v) is 4.71. The second kappa shape index (κ2) is 9.91. The zero-order chi connectivity index (χ0) is 20.8. The van der Waals surface area contributed by atoms with Crippen molar-refractivity contribution in [3.63, 3.8) is 0 Å². The first-order chi connectivity index (χ1) is 14.7. The summed E-state index contributed by atoms with van der Waals surface area (Å²) in [4.78, 5) is 16.5. The summed E-state index contributed by atoms with van der Waals surface area (Å²) in [5, 5.41) is 9.14. The molecule has 2 aromatic heterocycles. The van der Waals surface area contributed by atoms with Crippen molar-refractivity contribution >= 4 is 17.2 Å². The molecule has 3 heterocycles. The first-order valence-corrected chi connectivity index (χ1v) is 11.3. The van der Waals surface area contributed by atoms with Gasteiger partial charge in [-0.15, -0.1) is 11.3 Å². The average molecular weight is 426 g/mol. The molecule has 6 nitrogen and oxygen atoms in total. The summed E-state index contributed by atoms with van der Waals surface area (Å²) < 4.78 is 10.6. The number of rotatable bonds is 7. The Morgan fingerprint density at radius 3 is 2.63 bits per heavy atom. The van der Waals surface area contributed by atoms with Crippen LogP contribution in [0.5, 0.6) is 5.75 Å². The molecule has 1 N–H and O–H groups in total. The first kappa shape index (κ1) is 20.6. The minimum absolute atomic E-state index is 0.194. The number of ether oxygens (including phenoxy) is 1. The molecule has 4 rings (SSSR count). The van der Waals surface area contributed by atoms with Crippen LogP contribution in [0.2, 0.25) is 0 Å². The quantitative estimate of drug-likeness (QED) is 0.591. The molecule has 0 aliphatic carbocycles. The smallest absolute Gasteiger partial charge is 0.273 e. The van der Waals surface area contributed by atoms with E-state index in [1.165, 1.54) is 30.6 Å². The van der Waals surface area contributed by atoms with Crippen LogP contribution < -0.4 is 10.1 Å². The Hall–Kier alpha value is -2.64. The lowest BCUT2D eigenvalue weighted by Crippen LogP contribution is -2.38. The van der Waals surface area contributed by atoms with Gasteiger partial charge in [-0.2, -0.15) is 0 Å². The normalized spacial score (nSPS) is 16.0. The van der Waals surface area contributed by atoms with E-state index in [-0.39, 0.29) is 11.9 Å². The summed E-state index contributed by atoms with van der Waals surface area (Å²) in [5.41, 5.74) is 1.14. The number of methoxy groups -OCH3 is 1. The van der Waals surface area contributed by atoms with E-state index in [4.69, 9.17) is 9.26 Å². The van der Waals surface area contributed by atoms with Crippen molar-refractivity contribution in [2.24, 2.45) is 0 Å². The fraction of sp³-hybridized carbons (Fsp3) is 0.391. The van der Waals surface area contributed by atoms with Crippen LogP contribution >= 0.6 is 11.3 Å². The second-order valence-corrected chi connectivity index (χ2v) is 8.48. The van der Waals surface area contributed by atoms with Crippen molar-refractivity contribution in [2.45, 2.75) is 31.7 Å². The standard InChI is InChI=1S/C23H27N3O3S/c1-28-18-10-8-17(9-11-18)21-15-19(25-29-21)23(27)24-16-20(22-7-6-14-30-22)26-12-4-2-3-5-13-26/h6-11,14-15,20H,2-5,12-13,16H2,1H3,(H,24,27). The Kier molecular flexibility index (Phi) is 6.81. The summed E-state index contributed by atoms with van der Waals surface area (Å²) in [7, 11) is 1.63. The molecule has 0 radical (unpaired) electrons.